The standard InChI is InChI=1S/C23H19N5O4S/c1-33(30,31)27-17-7-4-15(5-8-17)19-14-21(28(26-19)23(29)22-3-2-12-32-22)16-6-9-18-20(13-16)25-11-10-24-18/h2-13,21,27H,14H2,1H3/t21-/m0/s1. The minimum atomic E-state index is -3.37. The first-order valence-electron chi connectivity index (χ1n) is 10.1. The maximum Gasteiger partial charge on any atom is 0.310 e. The fourth-order valence-corrected chi connectivity index (χ4v) is 4.34. The van der Waals surface area contributed by atoms with Crippen molar-refractivity contribution in [1.82, 2.24) is 15.0 Å². The Bertz CT molecular complexity index is 1460. The number of hydrogen-bond donors (Lipinski definition) is 1. The lowest BCUT2D eigenvalue weighted by Crippen LogP contribution is -2.26. The van der Waals surface area contributed by atoms with Gasteiger partial charge in [0.05, 0.1) is 35.3 Å². The first-order chi connectivity index (χ1) is 15.9. The highest BCUT2D eigenvalue weighted by Gasteiger charge is 2.35. The minimum Gasteiger partial charge on any atom is -0.459 e. The van der Waals surface area contributed by atoms with Crippen molar-refractivity contribution in [1.29, 1.82) is 0 Å². The van der Waals surface area contributed by atoms with E-state index in [2.05, 4.69) is 19.8 Å². The lowest BCUT2D eigenvalue weighted by molar-refractivity contribution is 0.0678. The molecule has 1 aliphatic heterocycles. The molecule has 0 fully saturated rings. The van der Waals surface area contributed by atoms with Crippen LogP contribution >= 0.6 is 0 Å². The molecule has 0 bridgehead atoms. The Kier molecular flexibility index (Phi) is 5.14. The predicted octanol–water partition coefficient (Wildman–Crippen LogP) is 3.59. The molecule has 9 nitrogen and oxygen atoms in total. The summed E-state index contributed by atoms with van der Waals surface area (Å²) in [5.74, 6) is -0.159. The number of benzene rings is 2. The van der Waals surface area contributed by atoms with Gasteiger partial charge in [-0.25, -0.2) is 13.4 Å². The van der Waals surface area contributed by atoms with E-state index in [9.17, 15) is 13.2 Å². The van der Waals surface area contributed by atoms with E-state index in [4.69, 9.17) is 4.42 Å². The van der Waals surface area contributed by atoms with Crippen LogP contribution in [0.3, 0.4) is 0 Å². The number of hydrazone groups is 1. The Morgan fingerprint density at radius 3 is 2.52 bits per heavy atom. The molecular weight excluding hydrogens is 442 g/mol. The Morgan fingerprint density at radius 1 is 1.06 bits per heavy atom. The average molecular weight is 462 g/mol. The average Bonchev–Trinajstić information content (AvgIpc) is 3.48. The van der Waals surface area contributed by atoms with Gasteiger partial charge in [-0.15, -0.1) is 0 Å². The van der Waals surface area contributed by atoms with Crippen LogP contribution in [-0.2, 0) is 10.0 Å². The molecule has 5 rings (SSSR count). The summed E-state index contributed by atoms with van der Waals surface area (Å²) in [5, 5.41) is 6.05. The molecule has 3 heterocycles. The molecule has 2 aromatic heterocycles. The van der Waals surface area contributed by atoms with E-state index in [0.29, 0.717) is 17.8 Å². The number of carbonyl (C=O) groups excluding carboxylic acids is 1. The SMILES string of the molecule is CS(=O)(=O)Nc1ccc(C2=NN(C(=O)c3ccco3)[C@H](c3ccc4nccnc4c3)C2)cc1. The van der Waals surface area contributed by atoms with Crippen molar-refractivity contribution in [3.05, 3.63) is 90.1 Å². The van der Waals surface area contributed by atoms with Crippen LogP contribution in [-0.4, -0.2) is 41.3 Å². The summed E-state index contributed by atoms with van der Waals surface area (Å²) in [6.07, 6.45) is 6.27. The first-order valence-corrected chi connectivity index (χ1v) is 12.0. The number of amides is 1. The summed E-state index contributed by atoms with van der Waals surface area (Å²) in [6.45, 7) is 0. The molecule has 4 aromatic rings. The van der Waals surface area contributed by atoms with Crippen LogP contribution in [0.4, 0.5) is 5.69 Å². The van der Waals surface area contributed by atoms with Gasteiger partial charge in [-0.1, -0.05) is 18.2 Å². The number of sulfonamides is 1. The Morgan fingerprint density at radius 2 is 1.82 bits per heavy atom. The maximum atomic E-state index is 13.2. The number of rotatable bonds is 5. The van der Waals surface area contributed by atoms with E-state index in [1.54, 1.807) is 48.8 Å². The molecule has 0 radical (unpaired) electrons. The molecule has 0 unspecified atom stereocenters. The zero-order valence-electron chi connectivity index (χ0n) is 17.5. The molecule has 2 aromatic carbocycles. The summed E-state index contributed by atoms with van der Waals surface area (Å²) < 4.78 is 30.7. The van der Waals surface area contributed by atoms with Crippen LogP contribution in [0.5, 0.6) is 0 Å². The van der Waals surface area contributed by atoms with Gasteiger partial charge in [0, 0.05) is 24.5 Å². The number of furan rings is 1. The van der Waals surface area contributed by atoms with Crippen molar-refractivity contribution in [2.75, 3.05) is 11.0 Å². The van der Waals surface area contributed by atoms with Crippen molar-refractivity contribution in [2.24, 2.45) is 5.10 Å². The van der Waals surface area contributed by atoms with Gasteiger partial charge < -0.3 is 4.42 Å². The highest BCUT2D eigenvalue weighted by atomic mass is 32.2. The molecule has 10 heteroatoms. The summed E-state index contributed by atoms with van der Waals surface area (Å²) in [5.41, 5.74) is 4.30. The zero-order chi connectivity index (χ0) is 23.0. The third kappa shape index (κ3) is 4.33. The molecule has 33 heavy (non-hydrogen) atoms. The van der Waals surface area contributed by atoms with E-state index in [1.807, 2.05) is 18.2 Å². The van der Waals surface area contributed by atoms with Crippen LogP contribution in [0.2, 0.25) is 0 Å². The quantitative estimate of drug-likeness (QED) is 0.485. The summed E-state index contributed by atoms with van der Waals surface area (Å²) >= 11 is 0. The van der Waals surface area contributed by atoms with E-state index in [-0.39, 0.29) is 17.7 Å². The highest BCUT2D eigenvalue weighted by Crippen LogP contribution is 2.35. The normalized spacial score (nSPS) is 16.1. The van der Waals surface area contributed by atoms with Gasteiger partial charge in [-0.05, 0) is 47.5 Å². The summed E-state index contributed by atoms with van der Waals surface area (Å²) in [6, 6.07) is 15.5. The number of carbonyl (C=O) groups is 1. The topological polar surface area (TPSA) is 118 Å². The second-order valence-corrected chi connectivity index (χ2v) is 9.40. The predicted molar refractivity (Wildman–Crippen MR) is 123 cm³/mol. The molecule has 1 N–H and O–H groups in total. The number of nitrogens with one attached hydrogen (secondary N) is 1. The third-order valence-electron chi connectivity index (χ3n) is 5.25. The van der Waals surface area contributed by atoms with E-state index in [1.165, 1.54) is 11.3 Å². The van der Waals surface area contributed by atoms with E-state index >= 15 is 0 Å². The zero-order valence-corrected chi connectivity index (χ0v) is 18.4. The smallest absolute Gasteiger partial charge is 0.310 e. The second-order valence-electron chi connectivity index (χ2n) is 7.65. The number of nitrogens with zero attached hydrogens (tertiary/aromatic N) is 4. The van der Waals surface area contributed by atoms with E-state index in [0.717, 1.165) is 28.4 Å². The van der Waals surface area contributed by atoms with Gasteiger partial charge >= 0.3 is 5.91 Å². The summed E-state index contributed by atoms with van der Waals surface area (Å²) in [7, 11) is -3.37. The first kappa shape index (κ1) is 20.8. The number of hydrogen-bond acceptors (Lipinski definition) is 7. The van der Waals surface area contributed by atoms with Gasteiger partial charge in [0.1, 0.15) is 0 Å². The monoisotopic (exact) mass is 461 g/mol. The number of aromatic nitrogens is 2. The number of anilines is 1. The fraction of sp³-hybridized carbons (Fsp3) is 0.130. The molecular formula is C23H19N5O4S. The van der Waals surface area contributed by atoms with Crippen LogP contribution in [0.1, 0.15) is 34.1 Å². The lowest BCUT2D eigenvalue weighted by Gasteiger charge is -2.21. The number of fused-ring (bicyclic) bond motifs is 1. The lowest BCUT2D eigenvalue weighted by atomic mass is 9.97. The van der Waals surface area contributed by atoms with Crippen molar-refractivity contribution >= 4 is 38.4 Å². The Hall–Kier alpha value is -4.05. The molecule has 1 amide bonds. The minimum absolute atomic E-state index is 0.193. The van der Waals surface area contributed by atoms with Crippen molar-refractivity contribution in [3.8, 4) is 0 Å². The molecule has 0 spiro atoms. The van der Waals surface area contributed by atoms with Gasteiger partial charge in [-0.2, -0.15) is 5.10 Å². The van der Waals surface area contributed by atoms with Crippen LogP contribution in [0.15, 0.2) is 82.8 Å². The van der Waals surface area contributed by atoms with Crippen molar-refractivity contribution < 1.29 is 17.6 Å². The van der Waals surface area contributed by atoms with Crippen molar-refractivity contribution in [3.63, 3.8) is 0 Å². The third-order valence-corrected chi connectivity index (χ3v) is 5.86. The summed E-state index contributed by atoms with van der Waals surface area (Å²) in [4.78, 5) is 21.8. The molecule has 166 valence electrons. The van der Waals surface area contributed by atoms with Crippen LogP contribution in [0.25, 0.3) is 11.0 Å². The molecule has 0 aliphatic carbocycles. The van der Waals surface area contributed by atoms with Gasteiger partial charge in [-0.3, -0.25) is 19.5 Å². The van der Waals surface area contributed by atoms with Gasteiger partial charge in [0.25, 0.3) is 0 Å². The molecule has 0 saturated carbocycles. The fourth-order valence-electron chi connectivity index (χ4n) is 3.78. The van der Waals surface area contributed by atoms with Crippen molar-refractivity contribution in [2.45, 2.75) is 12.5 Å². The Labute approximate surface area is 189 Å². The second kappa shape index (κ2) is 8.14. The van der Waals surface area contributed by atoms with Crippen LogP contribution in [0, 0.1) is 0 Å². The van der Waals surface area contributed by atoms with E-state index < -0.39 is 10.0 Å². The van der Waals surface area contributed by atoms with Gasteiger partial charge in [0.2, 0.25) is 10.0 Å². The molecule has 0 saturated heterocycles. The Balaban J connectivity index is 1.50. The maximum absolute atomic E-state index is 13.2. The van der Waals surface area contributed by atoms with Gasteiger partial charge in [0.15, 0.2) is 5.76 Å². The van der Waals surface area contributed by atoms with Crippen LogP contribution < -0.4 is 4.72 Å². The molecule has 1 aliphatic rings. The molecule has 1 atom stereocenters. The highest BCUT2D eigenvalue weighted by molar-refractivity contribution is 7.92. The largest absolute Gasteiger partial charge is 0.459 e.